The van der Waals surface area contributed by atoms with Gasteiger partial charge in [0.05, 0.1) is 6.20 Å². The third kappa shape index (κ3) is 3.36. The molecule has 2 aromatic carbocycles. The molecule has 0 saturated heterocycles. The summed E-state index contributed by atoms with van der Waals surface area (Å²) in [6.07, 6.45) is 1.72. The lowest BCUT2D eigenvalue weighted by molar-refractivity contribution is 0.566. The molecule has 24 heavy (non-hydrogen) atoms. The Morgan fingerprint density at radius 3 is 2.58 bits per heavy atom. The van der Waals surface area contributed by atoms with E-state index in [-0.39, 0.29) is 11.7 Å². The average Bonchev–Trinajstić information content (AvgIpc) is 2.95. The Balaban J connectivity index is 1.79. The van der Waals surface area contributed by atoms with Crippen LogP contribution in [0.4, 0.5) is 8.78 Å². The van der Waals surface area contributed by atoms with E-state index >= 15 is 0 Å². The van der Waals surface area contributed by atoms with Gasteiger partial charge in [0.1, 0.15) is 11.5 Å². The van der Waals surface area contributed by atoms with Crippen molar-refractivity contribution >= 4 is 0 Å². The molecule has 5 heteroatoms. The summed E-state index contributed by atoms with van der Waals surface area (Å²) in [6.45, 7) is 4.65. The first-order valence-electron chi connectivity index (χ1n) is 7.83. The molecular formula is C19H19F2N3. The fraction of sp³-hybridized carbons (Fsp3) is 0.211. The van der Waals surface area contributed by atoms with Crippen LogP contribution in [0.3, 0.4) is 0 Å². The molecule has 0 aliphatic carbocycles. The molecule has 1 unspecified atom stereocenters. The van der Waals surface area contributed by atoms with Gasteiger partial charge in [-0.15, -0.1) is 0 Å². The first kappa shape index (κ1) is 16.3. The monoisotopic (exact) mass is 327 g/mol. The average molecular weight is 327 g/mol. The summed E-state index contributed by atoms with van der Waals surface area (Å²) >= 11 is 0. The maximum absolute atomic E-state index is 14.0. The minimum Gasteiger partial charge on any atom is -0.306 e. The third-order valence-corrected chi connectivity index (χ3v) is 4.11. The van der Waals surface area contributed by atoms with Crippen LogP contribution in [-0.4, -0.2) is 9.78 Å². The molecule has 0 bridgehead atoms. The van der Waals surface area contributed by atoms with Gasteiger partial charge in [-0.1, -0.05) is 30.3 Å². The Morgan fingerprint density at radius 1 is 1.12 bits per heavy atom. The zero-order valence-electron chi connectivity index (χ0n) is 13.6. The molecule has 124 valence electrons. The number of nitrogens with zero attached hydrogens (tertiary/aromatic N) is 2. The summed E-state index contributed by atoms with van der Waals surface area (Å²) < 4.78 is 28.6. The molecule has 3 rings (SSSR count). The maximum atomic E-state index is 14.0. The van der Waals surface area contributed by atoms with Crippen LogP contribution in [0.25, 0.3) is 5.69 Å². The van der Waals surface area contributed by atoms with Crippen LogP contribution in [-0.2, 0) is 6.54 Å². The molecule has 0 aliphatic rings. The van der Waals surface area contributed by atoms with Crippen LogP contribution in [0, 0.1) is 18.6 Å². The van der Waals surface area contributed by atoms with E-state index in [1.165, 1.54) is 22.4 Å². The Labute approximate surface area is 139 Å². The number of halogens is 2. The SMILES string of the molecule is Cc1c(C(C)NCc2ccccc2)cnn1-c1ccc(F)cc1F. The Hall–Kier alpha value is -2.53. The van der Waals surface area contributed by atoms with Gasteiger partial charge in [-0.25, -0.2) is 13.5 Å². The lowest BCUT2D eigenvalue weighted by Crippen LogP contribution is -2.18. The van der Waals surface area contributed by atoms with E-state index in [4.69, 9.17) is 0 Å². The van der Waals surface area contributed by atoms with Crippen LogP contribution >= 0.6 is 0 Å². The fourth-order valence-corrected chi connectivity index (χ4v) is 2.72. The molecule has 0 radical (unpaired) electrons. The van der Waals surface area contributed by atoms with E-state index < -0.39 is 11.6 Å². The summed E-state index contributed by atoms with van der Waals surface area (Å²) in [5.41, 5.74) is 3.25. The van der Waals surface area contributed by atoms with Gasteiger partial charge in [-0.05, 0) is 31.5 Å². The van der Waals surface area contributed by atoms with Crippen molar-refractivity contribution < 1.29 is 8.78 Å². The van der Waals surface area contributed by atoms with E-state index in [0.29, 0.717) is 0 Å². The van der Waals surface area contributed by atoms with E-state index in [0.717, 1.165) is 23.9 Å². The second-order valence-corrected chi connectivity index (χ2v) is 5.78. The first-order chi connectivity index (χ1) is 11.6. The maximum Gasteiger partial charge on any atom is 0.151 e. The molecule has 0 fully saturated rings. The predicted octanol–water partition coefficient (Wildman–Crippen LogP) is 4.31. The molecule has 0 aliphatic heterocycles. The summed E-state index contributed by atoms with van der Waals surface area (Å²) in [4.78, 5) is 0. The van der Waals surface area contributed by atoms with E-state index in [1.807, 2.05) is 32.0 Å². The van der Waals surface area contributed by atoms with Crippen LogP contribution in [0.2, 0.25) is 0 Å². The predicted molar refractivity (Wildman–Crippen MR) is 89.9 cm³/mol. The number of aromatic nitrogens is 2. The molecule has 0 saturated carbocycles. The smallest absolute Gasteiger partial charge is 0.151 e. The van der Waals surface area contributed by atoms with Crippen molar-refractivity contribution in [3.05, 3.63) is 83.2 Å². The number of nitrogens with one attached hydrogen (secondary N) is 1. The number of rotatable bonds is 5. The highest BCUT2D eigenvalue weighted by molar-refractivity contribution is 5.37. The standard InChI is InChI=1S/C19H19F2N3/c1-13(22-11-15-6-4-3-5-7-15)17-12-23-24(14(17)2)19-9-8-16(20)10-18(19)21/h3-10,12-13,22H,11H2,1-2H3. The molecule has 1 aromatic heterocycles. The summed E-state index contributed by atoms with van der Waals surface area (Å²) in [5, 5.41) is 7.70. The van der Waals surface area contributed by atoms with Gasteiger partial charge in [-0.2, -0.15) is 5.10 Å². The van der Waals surface area contributed by atoms with Crippen LogP contribution in [0.5, 0.6) is 0 Å². The summed E-state index contributed by atoms with van der Waals surface area (Å²) in [6, 6.07) is 13.7. The number of hydrogen-bond acceptors (Lipinski definition) is 2. The quantitative estimate of drug-likeness (QED) is 0.757. The molecule has 1 heterocycles. The second kappa shape index (κ2) is 6.93. The molecular weight excluding hydrogens is 308 g/mol. The topological polar surface area (TPSA) is 29.9 Å². The van der Waals surface area contributed by atoms with Gasteiger partial charge in [0.25, 0.3) is 0 Å². The molecule has 1 N–H and O–H groups in total. The van der Waals surface area contributed by atoms with Gasteiger partial charge >= 0.3 is 0 Å². The van der Waals surface area contributed by atoms with E-state index in [2.05, 4.69) is 22.5 Å². The molecule has 0 spiro atoms. The highest BCUT2D eigenvalue weighted by Crippen LogP contribution is 2.22. The van der Waals surface area contributed by atoms with Crippen molar-refractivity contribution in [2.75, 3.05) is 0 Å². The summed E-state index contributed by atoms with van der Waals surface area (Å²) in [5.74, 6) is -1.23. The van der Waals surface area contributed by atoms with Crippen LogP contribution in [0.15, 0.2) is 54.7 Å². The largest absolute Gasteiger partial charge is 0.306 e. The van der Waals surface area contributed by atoms with Gasteiger partial charge in [-0.3, -0.25) is 0 Å². The highest BCUT2D eigenvalue weighted by Gasteiger charge is 2.16. The minimum absolute atomic E-state index is 0.0578. The summed E-state index contributed by atoms with van der Waals surface area (Å²) in [7, 11) is 0. The lowest BCUT2D eigenvalue weighted by atomic mass is 10.1. The van der Waals surface area contributed by atoms with Gasteiger partial charge in [0.15, 0.2) is 5.82 Å². The number of benzene rings is 2. The van der Waals surface area contributed by atoms with E-state index in [1.54, 1.807) is 6.20 Å². The van der Waals surface area contributed by atoms with Crippen LogP contribution in [0.1, 0.15) is 29.8 Å². The number of hydrogen-bond donors (Lipinski definition) is 1. The van der Waals surface area contributed by atoms with Gasteiger partial charge in [0.2, 0.25) is 0 Å². The molecule has 3 nitrogen and oxygen atoms in total. The zero-order valence-corrected chi connectivity index (χ0v) is 13.6. The molecule has 1 atom stereocenters. The Morgan fingerprint density at radius 2 is 1.88 bits per heavy atom. The van der Waals surface area contributed by atoms with Crippen molar-refractivity contribution in [2.45, 2.75) is 26.4 Å². The minimum atomic E-state index is -0.627. The Kier molecular flexibility index (Phi) is 4.71. The van der Waals surface area contributed by atoms with Crippen molar-refractivity contribution in [1.82, 2.24) is 15.1 Å². The van der Waals surface area contributed by atoms with Crippen molar-refractivity contribution in [3.63, 3.8) is 0 Å². The van der Waals surface area contributed by atoms with Gasteiger partial charge < -0.3 is 5.32 Å². The Bertz CT molecular complexity index is 828. The van der Waals surface area contributed by atoms with Gasteiger partial charge in [0, 0.05) is 29.9 Å². The normalized spacial score (nSPS) is 12.3. The zero-order chi connectivity index (χ0) is 17.1. The molecule has 0 amide bonds. The second-order valence-electron chi connectivity index (χ2n) is 5.78. The third-order valence-electron chi connectivity index (χ3n) is 4.11. The van der Waals surface area contributed by atoms with Crippen molar-refractivity contribution in [1.29, 1.82) is 0 Å². The van der Waals surface area contributed by atoms with E-state index in [9.17, 15) is 8.78 Å². The highest BCUT2D eigenvalue weighted by atomic mass is 19.1. The fourth-order valence-electron chi connectivity index (χ4n) is 2.72. The van der Waals surface area contributed by atoms with Crippen molar-refractivity contribution in [3.8, 4) is 5.69 Å². The lowest BCUT2D eigenvalue weighted by Gasteiger charge is -2.14. The van der Waals surface area contributed by atoms with Crippen molar-refractivity contribution in [2.24, 2.45) is 0 Å². The molecule has 3 aromatic rings. The first-order valence-corrected chi connectivity index (χ1v) is 7.83. The van der Waals surface area contributed by atoms with Crippen LogP contribution < -0.4 is 5.32 Å².